The number of likely N-dealkylation sites (tertiary alicyclic amines) is 1. The Kier molecular flexibility index (Phi) is 6.40. The smallest absolute Gasteiger partial charge is 0.238 e. The lowest BCUT2D eigenvalue weighted by Gasteiger charge is -2.30. The number of para-hydroxylation sites is 1. The molecule has 1 heterocycles. The van der Waals surface area contributed by atoms with Crippen LogP contribution in [0.1, 0.15) is 37.3 Å². The summed E-state index contributed by atoms with van der Waals surface area (Å²) in [5.41, 5.74) is 0.723. The van der Waals surface area contributed by atoms with E-state index in [0.717, 1.165) is 55.7 Å². The van der Waals surface area contributed by atoms with Gasteiger partial charge in [-0.3, -0.25) is 9.69 Å². The van der Waals surface area contributed by atoms with Crippen LogP contribution in [-0.2, 0) is 4.79 Å². The molecule has 1 amide bonds. The van der Waals surface area contributed by atoms with Crippen molar-refractivity contribution < 1.29 is 18.3 Å². The number of benzene rings is 2. The zero-order chi connectivity index (χ0) is 19.2. The summed E-state index contributed by atoms with van der Waals surface area (Å²) < 4.78 is 32.8. The molecule has 0 radical (unpaired) electrons. The molecule has 1 saturated heterocycles. The van der Waals surface area contributed by atoms with E-state index in [1.54, 1.807) is 7.11 Å². The Morgan fingerprint density at radius 3 is 2.48 bits per heavy atom. The average Bonchev–Trinajstić information content (AvgIpc) is 2.90. The predicted molar refractivity (Wildman–Crippen MR) is 101 cm³/mol. The molecule has 27 heavy (non-hydrogen) atoms. The van der Waals surface area contributed by atoms with Gasteiger partial charge in [0.25, 0.3) is 0 Å². The Balaban J connectivity index is 1.74. The first kappa shape index (κ1) is 19.3. The fourth-order valence-corrected chi connectivity index (χ4v) is 3.54. The lowest BCUT2D eigenvalue weighted by Crippen LogP contribution is -2.36. The van der Waals surface area contributed by atoms with Gasteiger partial charge in [-0.25, -0.2) is 8.78 Å². The number of carbonyl (C=O) groups is 1. The number of carbonyl (C=O) groups excluding carboxylic acids is 1. The summed E-state index contributed by atoms with van der Waals surface area (Å²) in [6.45, 7) is 0.855. The summed E-state index contributed by atoms with van der Waals surface area (Å²) in [5, 5.41) is 2.39. The molecule has 144 valence electrons. The lowest BCUT2D eigenvalue weighted by molar-refractivity contribution is -0.117. The molecular weight excluding hydrogens is 350 g/mol. The molecule has 0 unspecified atom stereocenters. The first-order valence-electron chi connectivity index (χ1n) is 9.20. The molecule has 3 rings (SSSR count). The normalized spacial score (nSPS) is 18.0. The topological polar surface area (TPSA) is 41.6 Å². The molecule has 0 saturated carbocycles. The minimum atomic E-state index is -0.772. The van der Waals surface area contributed by atoms with E-state index in [4.69, 9.17) is 4.74 Å². The number of halogens is 2. The third-order valence-corrected chi connectivity index (χ3v) is 4.94. The van der Waals surface area contributed by atoms with E-state index >= 15 is 0 Å². The van der Waals surface area contributed by atoms with Crippen LogP contribution in [0.15, 0.2) is 42.5 Å². The molecule has 1 atom stereocenters. The predicted octanol–water partition coefficient (Wildman–Crippen LogP) is 4.53. The summed E-state index contributed by atoms with van der Waals surface area (Å²) in [6.07, 6.45) is 4.12. The SMILES string of the molecule is COc1ccc([C@H]2CCCCCN2CC(=O)Nc2c(F)cccc2F)cc1. The second-order valence-corrected chi connectivity index (χ2v) is 6.75. The van der Waals surface area contributed by atoms with Crippen LogP contribution in [0.25, 0.3) is 0 Å². The number of anilines is 1. The van der Waals surface area contributed by atoms with Gasteiger partial charge in [0, 0.05) is 6.04 Å². The van der Waals surface area contributed by atoms with E-state index < -0.39 is 23.2 Å². The molecule has 1 N–H and O–H groups in total. The first-order valence-corrected chi connectivity index (χ1v) is 9.20. The van der Waals surface area contributed by atoms with Gasteiger partial charge in [-0.2, -0.15) is 0 Å². The van der Waals surface area contributed by atoms with Gasteiger partial charge in [-0.05, 0) is 49.2 Å². The fraction of sp³-hybridized carbons (Fsp3) is 0.381. The Hall–Kier alpha value is -2.47. The van der Waals surface area contributed by atoms with Crippen molar-refractivity contribution in [1.82, 2.24) is 4.90 Å². The molecule has 0 spiro atoms. The van der Waals surface area contributed by atoms with Crippen LogP contribution in [0.2, 0.25) is 0 Å². The number of hydrogen-bond donors (Lipinski definition) is 1. The van der Waals surface area contributed by atoms with Crippen LogP contribution in [-0.4, -0.2) is 31.0 Å². The third-order valence-electron chi connectivity index (χ3n) is 4.94. The number of nitrogens with zero attached hydrogens (tertiary/aromatic N) is 1. The van der Waals surface area contributed by atoms with Crippen molar-refractivity contribution in [1.29, 1.82) is 0 Å². The summed E-state index contributed by atoms with van der Waals surface area (Å²) in [6, 6.07) is 11.5. The molecule has 0 bridgehead atoms. The summed E-state index contributed by atoms with van der Waals surface area (Å²) >= 11 is 0. The third kappa shape index (κ3) is 4.83. The molecule has 6 heteroatoms. The zero-order valence-corrected chi connectivity index (χ0v) is 15.4. The number of rotatable bonds is 5. The van der Waals surface area contributed by atoms with Gasteiger partial charge in [-0.1, -0.05) is 31.0 Å². The van der Waals surface area contributed by atoms with Crippen molar-refractivity contribution in [2.75, 3.05) is 25.5 Å². The van der Waals surface area contributed by atoms with Crippen molar-refractivity contribution in [3.8, 4) is 5.75 Å². The molecule has 1 aliphatic rings. The minimum absolute atomic E-state index is 0.0878. The maximum Gasteiger partial charge on any atom is 0.238 e. The van der Waals surface area contributed by atoms with E-state index in [9.17, 15) is 13.6 Å². The quantitative estimate of drug-likeness (QED) is 0.836. The fourth-order valence-electron chi connectivity index (χ4n) is 3.54. The van der Waals surface area contributed by atoms with Gasteiger partial charge < -0.3 is 10.1 Å². The van der Waals surface area contributed by atoms with E-state index in [1.807, 2.05) is 24.3 Å². The molecule has 2 aromatic carbocycles. The first-order chi connectivity index (χ1) is 13.1. The van der Waals surface area contributed by atoms with Gasteiger partial charge in [-0.15, -0.1) is 0 Å². The highest BCUT2D eigenvalue weighted by atomic mass is 19.1. The average molecular weight is 374 g/mol. The Bertz CT molecular complexity index is 760. The largest absolute Gasteiger partial charge is 0.497 e. The van der Waals surface area contributed by atoms with Crippen molar-refractivity contribution in [2.24, 2.45) is 0 Å². The number of nitrogens with one attached hydrogen (secondary N) is 1. The van der Waals surface area contributed by atoms with Crippen LogP contribution < -0.4 is 10.1 Å². The molecule has 2 aromatic rings. The Morgan fingerprint density at radius 1 is 1.11 bits per heavy atom. The van der Waals surface area contributed by atoms with Crippen LogP contribution in [0, 0.1) is 11.6 Å². The maximum absolute atomic E-state index is 13.8. The van der Waals surface area contributed by atoms with Crippen molar-refractivity contribution in [3.05, 3.63) is 59.7 Å². The molecule has 0 aromatic heterocycles. The maximum atomic E-state index is 13.8. The van der Waals surface area contributed by atoms with Gasteiger partial charge in [0.1, 0.15) is 23.1 Å². The van der Waals surface area contributed by atoms with E-state index in [-0.39, 0.29) is 12.6 Å². The van der Waals surface area contributed by atoms with Gasteiger partial charge in [0.15, 0.2) is 0 Å². The van der Waals surface area contributed by atoms with E-state index in [2.05, 4.69) is 10.2 Å². The highest BCUT2D eigenvalue weighted by Crippen LogP contribution is 2.31. The highest BCUT2D eigenvalue weighted by molar-refractivity contribution is 5.92. The Morgan fingerprint density at radius 2 is 1.81 bits per heavy atom. The monoisotopic (exact) mass is 374 g/mol. The summed E-state index contributed by atoms with van der Waals surface area (Å²) in [4.78, 5) is 14.6. The second kappa shape index (κ2) is 8.95. The number of hydrogen-bond acceptors (Lipinski definition) is 3. The Labute approximate surface area is 158 Å². The van der Waals surface area contributed by atoms with Crippen molar-refractivity contribution in [2.45, 2.75) is 31.7 Å². The van der Waals surface area contributed by atoms with E-state index in [0.29, 0.717) is 0 Å². The van der Waals surface area contributed by atoms with Gasteiger partial charge in [0.05, 0.1) is 13.7 Å². The summed E-state index contributed by atoms with van der Waals surface area (Å²) in [5.74, 6) is -1.18. The van der Waals surface area contributed by atoms with Gasteiger partial charge >= 0.3 is 0 Å². The molecular formula is C21H24F2N2O2. The zero-order valence-electron chi connectivity index (χ0n) is 15.4. The van der Waals surface area contributed by atoms with Crippen LogP contribution in [0.5, 0.6) is 5.75 Å². The lowest BCUT2D eigenvalue weighted by atomic mass is 10.0. The molecule has 0 aliphatic carbocycles. The van der Waals surface area contributed by atoms with Gasteiger partial charge in [0.2, 0.25) is 5.91 Å². The molecule has 1 fully saturated rings. The van der Waals surface area contributed by atoms with E-state index in [1.165, 1.54) is 6.07 Å². The standard InChI is InChI=1S/C21H24F2N2O2/c1-27-16-11-9-15(10-12-16)19-8-3-2-4-13-25(19)14-20(26)24-21-17(22)6-5-7-18(21)23/h5-7,9-12,19H,2-4,8,13-14H2,1H3,(H,24,26)/t19-/m1/s1. The van der Waals surface area contributed by atoms with Crippen LogP contribution in [0.3, 0.4) is 0 Å². The molecule has 4 nitrogen and oxygen atoms in total. The van der Waals surface area contributed by atoms with Crippen molar-refractivity contribution >= 4 is 11.6 Å². The number of ether oxygens (including phenoxy) is 1. The second-order valence-electron chi connectivity index (χ2n) is 6.75. The number of amides is 1. The summed E-state index contributed by atoms with van der Waals surface area (Å²) in [7, 11) is 1.62. The highest BCUT2D eigenvalue weighted by Gasteiger charge is 2.25. The minimum Gasteiger partial charge on any atom is -0.497 e. The van der Waals surface area contributed by atoms with Crippen LogP contribution >= 0.6 is 0 Å². The van der Waals surface area contributed by atoms with Crippen molar-refractivity contribution in [3.63, 3.8) is 0 Å². The molecule has 1 aliphatic heterocycles. The van der Waals surface area contributed by atoms with Crippen LogP contribution in [0.4, 0.5) is 14.5 Å². The number of methoxy groups -OCH3 is 1.